The summed E-state index contributed by atoms with van der Waals surface area (Å²) in [5, 5.41) is 7.17. The fourth-order valence-corrected chi connectivity index (χ4v) is 2.35. The summed E-state index contributed by atoms with van der Waals surface area (Å²) in [5.74, 6) is 0. The van der Waals surface area contributed by atoms with Gasteiger partial charge in [-0.05, 0) is 44.1 Å². The summed E-state index contributed by atoms with van der Waals surface area (Å²) >= 11 is 5.31. The molecule has 1 aliphatic rings. The van der Waals surface area contributed by atoms with Crippen LogP contribution < -0.4 is 10.6 Å². The first-order valence-corrected chi connectivity index (χ1v) is 6.31. The van der Waals surface area contributed by atoms with Crippen molar-refractivity contribution in [3.05, 3.63) is 30.3 Å². The summed E-state index contributed by atoms with van der Waals surface area (Å²) in [5.41, 5.74) is 0.960. The fourth-order valence-electron chi connectivity index (χ4n) is 1.99. The molecule has 1 atom stereocenters. The van der Waals surface area contributed by atoms with Gasteiger partial charge in [0.1, 0.15) is 0 Å². The quantitative estimate of drug-likeness (QED) is 0.790. The molecule has 92 valence electrons. The Balaban J connectivity index is 1.88. The number of benzene rings is 1. The van der Waals surface area contributed by atoms with Crippen LogP contribution in [0.3, 0.4) is 0 Å². The van der Waals surface area contributed by atoms with Crippen molar-refractivity contribution in [2.75, 3.05) is 18.5 Å². The highest BCUT2D eigenvalue weighted by atomic mass is 32.1. The van der Waals surface area contributed by atoms with E-state index in [2.05, 4.69) is 17.6 Å². The zero-order valence-electron chi connectivity index (χ0n) is 10.0. The maximum Gasteiger partial charge on any atom is 0.171 e. The van der Waals surface area contributed by atoms with Gasteiger partial charge in [0.15, 0.2) is 5.11 Å². The van der Waals surface area contributed by atoms with Crippen LogP contribution in [0.15, 0.2) is 30.3 Å². The van der Waals surface area contributed by atoms with Crippen molar-refractivity contribution < 1.29 is 4.74 Å². The molecule has 0 aliphatic carbocycles. The molecule has 1 unspecified atom stereocenters. The second kappa shape index (κ2) is 5.47. The van der Waals surface area contributed by atoms with E-state index in [1.54, 1.807) is 0 Å². The molecule has 0 radical (unpaired) electrons. The highest BCUT2D eigenvalue weighted by Crippen LogP contribution is 2.18. The maximum atomic E-state index is 5.49. The van der Waals surface area contributed by atoms with Crippen LogP contribution >= 0.6 is 12.2 Å². The lowest BCUT2D eigenvalue weighted by Gasteiger charge is -2.35. The lowest BCUT2D eigenvalue weighted by atomic mass is 9.95. The molecule has 2 rings (SSSR count). The molecule has 1 fully saturated rings. The summed E-state index contributed by atoms with van der Waals surface area (Å²) in [7, 11) is 0. The van der Waals surface area contributed by atoms with Gasteiger partial charge in [-0.3, -0.25) is 0 Å². The van der Waals surface area contributed by atoms with Gasteiger partial charge >= 0.3 is 0 Å². The second-order valence-corrected chi connectivity index (χ2v) is 5.07. The third kappa shape index (κ3) is 3.68. The predicted molar refractivity (Wildman–Crippen MR) is 74.3 cm³/mol. The Morgan fingerprint density at radius 1 is 1.35 bits per heavy atom. The Bertz CT molecular complexity index is 374. The Labute approximate surface area is 108 Å². The number of ether oxygens (including phenoxy) is 1. The smallest absolute Gasteiger partial charge is 0.171 e. The van der Waals surface area contributed by atoms with Crippen LogP contribution in [0.5, 0.6) is 0 Å². The summed E-state index contributed by atoms with van der Waals surface area (Å²) in [6, 6.07) is 9.94. The number of thiocarbonyl (C=S) groups is 1. The van der Waals surface area contributed by atoms with Gasteiger partial charge < -0.3 is 15.4 Å². The lowest BCUT2D eigenvalue weighted by molar-refractivity contribution is 0.0374. The van der Waals surface area contributed by atoms with Gasteiger partial charge in [-0.1, -0.05) is 18.2 Å². The van der Waals surface area contributed by atoms with Crippen molar-refractivity contribution >= 4 is 23.0 Å². The zero-order valence-corrected chi connectivity index (χ0v) is 10.8. The minimum atomic E-state index is -0.0445. The highest BCUT2D eigenvalue weighted by Gasteiger charge is 2.27. The van der Waals surface area contributed by atoms with E-state index >= 15 is 0 Å². The molecule has 0 bridgehead atoms. The summed E-state index contributed by atoms with van der Waals surface area (Å²) in [6.45, 7) is 3.71. The van der Waals surface area contributed by atoms with Crippen molar-refractivity contribution in [3.8, 4) is 0 Å². The standard InChI is InChI=1S/C13H18N2OS/c1-13(8-5-9-16-10-13)15-12(17)14-11-6-3-2-4-7-11/h2-4,6-7H,5,8-10H2,1H3,(H2,14,15,17). The van der Waals surface area contributed by atoms with E-state index in [9.17, 15) is 0 Å². The third-order valence-electron chi connectivity index (χ3n) is 2.88. The van der Waals surface area contributed by atoms with E-state index in [1.165, 1.54) is 0 Å². The minimum absolute atomic E-state index is 0.0445. The SMILES string of the molecule is CC1(NC(=S)Nc2ccccc2)CCCOC1. The molecule has 0 saturated carbocycles. The lowest BCUT2D eigenvalue weighted by Crippen LogP contribution is -2.52. The molecule has 0 aromatic heterocycles. The van der Waals surface area contributed by atoms with Gasteiger partial charge in [-0.15, -0.1) is 0 Å². The molecule has 4 heteroatoms. The topological polar surface area (TPSA) is 33.3 Å². The molecule has 1 saturated heterocycles. The molecular formula is C13H18N2OS. The molecule has 0 spiro atoms. The molecule has 1 aromatic rings. The summed E-state index contributed by atoms with van der Waals surface area (Å²) in [6.07, 6.45) is 2.17. The first kappa shape index (κ1) is 12.3. The normalized spacial score (nSPS) is 24.1. The average Bonchev–Trinajstić information content (AvgIpc) is 2.30. The first-order valence-electron chi connectivity index (χ1n) is 5.90. The van der Waals surface area contributed by atoms with E-state index in [1.807, 2.05) is 30.3 Å². The van der Waals surface area contributed by atoms with E-state index in [4.69, 9.17) is 17.0 Å². The van der Waals surface area contributed by atoms with Gasteiger partial charge in [0.2, 0.25) is 0 Å². The molecule has 0 amide bonds. The van der Waals surface area contributed by atoms with Gasteiger partial charge in [0.05, 0.1) is 12.1 Å². The molecule has 1 aromatic carbocycles. The van der Waals surface area contributed by atoms with Gasteiger partial charge in [-0.25, -0.2) is 0 Å². The van der Waals surface area contributed by atoms with Gasteiger partial charge in [0, 0.05) is 12.3 Å². The number of rotatable bonds is 2. The van der Waals surface area contributed by atoms with E-state index in [0.29, 0.717) is 11.7 Å². The van der Waals surface area contributed by atoms with E-state index in [0.717, 1.165) is 25.1 Å². The van der Waals surface area contributed by atoms with Crippen molar-refractivity contribution in [1.29, 1.82) is 0 Å². The number of nitrogens with one attached hydrogen (secondary N) is 2. The van der Waals surface area contributed by atoms with Crippen LogP contribution in [-0.4, -0.2) is 23.9 Å². The second-order valence-electron chi connectivity index (χ2n) is 4.66. The van der Waals surface area contributed by atoms with Crippen LogP contribution in [0.4, 0.5) is 5.69 Å². The van der Waals surface area contributed by atoms with Crippen molar-refractivity contribution in [2.45, 2.75) is 25.3 Å². The maximum absolute atomic E-state index is 5.49. The van der Waals surface area contributed by atoms with Crippen molar-refractivity contribution in [1.82, 2.24) is 5.32 Å². The van der Waals surface area contributed by atoms with Gasteiger partial charge in [-0.2, -0.15) is 0 Å². The van der Waals surface area contributed by atoms with Crippen LogP contribution in [0.2, 0.25) is 0 Å². The van der Waals surface area contributed by atoms with Crippen LogP contribution in [0.1, 0.15) is 19.8 Å². The monoisotopic (exact) mass is 250 g/mol. The Morgan fingerprint density at radius 3 is 2.76 bits per heavy atom. The summed E-state index contributed by atoms with van der Waals surface area (Å²) in [4.78, 5) is 0. The largest absolute Gasteiger partial charge is 0.379 e. The number of para-hydroxylation sites is 1. The Hall–Kier alpha value is -1.13. The average molecular weight is 250 g/mol. The van der Waals surface area contributed by atoms with Crippen LogP contribution in [-0.2, 0) is 4.74 Å². The number of hydrogen-bond donors (Lipinski definition) is 2. The fraction of sp³-hybridized carbons (Fsp3) is 0.462. The predicted octanol–water partition coefficient (Wildman–Crippen LogP) is 2.54. The summed E-state index contributed by atoms with van der Waals surface area (Å²) < 4.78 is 5.49. The third-order valence-corrected chi connectivity index (χ3v) is 3.09. The highest BCUT2D eigenvalue weighted by molar-refractivity contribution is 7.80. The molecular weight excluding hydrogens is 232 g/mol. The van der Waals surface area contributed by atoms with Crippen molar-refractivity contribution in [3.63, 3.8) is 0 Å². The Kier molecular flexibility index (Phi) is 3.97. The molecule has 1 aliphatic heterocycles. The molecule has 3 nitrogen and oxygen atoms in total. The van der Waals surface area contributed by atoms with Gasteiger partial charge in [0.25, 0.3) is 0 Å². The molecule has 17 heavy (non-hydrogen) atoms. The zero-order chi connectivity index (χ0) is 12.1. The number of hydrogen-bond acceptors (Lipinski definition) is 2. The number of anilines is 1. The molecule has 1 heterocycles. The van der Waals surface area contributed by atoms with E-state index < -0.39 is 0 Å². The van der Waals surface area contributed by atoms with E-state index in [-0.39, 0.29) is 5.54 Å². The minimum Gasteiger partial charge on any atom is -0.379 e. The van der Waals surface area contributed by atoms with Crippen LogP contribution in [0, 0.1) is 0 Å². The molecule has 2 N–H and O–H groups in total. The Morgan fingerprint density at radius 2 is 2.12 bits per heavy atom. The first-order chi connectivity index (χ1) is 8.18. The van der Waals surface area contributed by atoms with Crippen molar-refractivity contribution in [2.24, 2.45) is 0 Å². The van der Waals surface area contributed by atoms with Crippen LogP contribution in [0.25, 0.3) is 0 Å².